The number of pyridine rings is 1. The van der Waals surface area contributed by atoms with E-state index in [1.807, 2.05) is 6.92 Å². The van der Waals surface area contributed by atoms with Crippen molar-refractivity contribution in [2.24, 2.45) is 5.92 Å². The Morgan fingerprint density at radius 2 is 2.21 bits per heavy atom. The van der Waals surface area contributed by atoms with E-state index in [0.717, 1.165) is 10.0 Å². The van der Waals surface area contributed by atoms with Crippen LogP contribution in [0.25, 0.3) is 0 Å². The summed E-state index contributed by atoms with van der Waals surface area (Å²) in [5, 5.41) is 0. The molecule has 0 aromatic carbocycles. The van der Waals surface area contributed by atoms with Gasteiger partial charge in [0.25, 0.3) is 0 Å². The van der Waals surface area contributed by atoms with E-state index in [-0.39, 0.29) is 0 Å². The summed E-state index contributed by atoms with van der Waals surface area (Å²) in [5.41, 5.74) is 7.34. The van der Waals surface area contributed by atoms with Crippen molar-refractivity contribution < 1.29 is 4.74 Å². The van der Waals surface area contributed by atoms with Crippen LogP contribution >= 0.6 is 15.9 Å². The molecule has 0 unspecified atom stereocenters. The Bertz CT molecular complexity index is 326. The van der Waals surface area contributed by atoms with Crippen LogP contribution in [0.2, 0.25) is 0 Å². The molecular weight excluding hydrogens is 244 g/mol. The van der Waals surface area contributed by atoms with Crippen molar-refractivity contribution in [3.8, 4) is 5.88 Å². The average Bonchev–Trinajstić information content (AvgIpc) is 2.13. The Morgan fingerprint density at radius 3 is 2.79 bits per heavy atom. The summed E-state index contributed by atoms with van der Waals surface area (Å²) in [5.74, 6) is 1.10. The molecule has 0 amide bonds. The molecule has 1 rings (SSSR count). The number of nitrogens with two attached hydrogens (primary N) is 1. The summed E-state index contributed by atoms with van der Waals surface area (Å²) >= 11 is 3.41. The summed E-state index contributed by atoms with van der Waals surface area (Å²) in [6.07, 6.45) is 1.62. The quantitative estimate of drug-likeness (QED) is 0.907. The van der Waals surface area contributed by atoms with Crippen LogP contribution in [0.15, 0.2) is 10.7 Å². The summed E-state index contributed by atoms with van der Waals surface area (Å²) in [6, 6.07) is 0. The van der Waals surface area contributed by atoms with Gasteiger partial charge in [-0.15, -0.1) is 0 Å². The Hall–Kier alpha value is -0.770. The van der Waals surface area contributed by atoms with Crippen molar-refractivity contribution in [2.45, 2.75) is 20.8 Å². The highest BCUT2D eigenvalue weighted by molar-refractivity contribution is 9.10. The van der Waals surface area contributed by atoms with Crippen LogP contribution in [0.4, 0.5) is 5.69 Å². The van der Waals surface area contributed by atoms with Gasteiger partial charge in [0.15, 0.2) is 0 Å². The Balaban J connectivity index is 2.83. The fraction of sp³-hybridized carbons (Fsp3) is 0.500. The highest BCUT2D eigenvalue weighted by Gasteiger charge is 2.08. The van der Waals surface area contributed by atoms with Crippen LogP contribution in [-0.2, 0) is 0 Å². The molecule has 78 valence electrons. The van der Waals surface area contributed by atoms with E-state index in [2.05, 4.69) is 34.8 Å². The van der Waals surface area contributed by atoms with Gasteiger partial charge < -0.3 is 10.5 Å². The van der Waals surface area contributed by atoms with Gasteiger partial charge in [0, 0.05) is 0 Å². The van der Waals surface area contributed by atoms with E-state index in [4.69, 9.17) is 10.5 Å². The van der Waals surface area contributed by atoms with E-state index in [0.29, 0.717) is 24.1 Å². The van der Waals surface area contributed by atoms with Gasteiger partial charge in [-0.05, 0) is 34.3 Å². The molecule has 0 atom stereocenters. The van der Waals surface area contributed by atoms with Crippen LogP contribution in [-0.4, -0.2) is 11.6 Å². The lowest BCUT2D eigenvalue weighted by Crippen LogP contribution is -2.07. The van der Waals surface area contributed by atoms with Crippen molar-refractivity contribution in [2.75, 3.05) is 12.3 Å². The highest BCUT2D eigenvalue weighted by atomic mass is 79.9. The Kier molecular flexibility index (Phi) is 3.75. The SMILES string of the molecule is Cc1c(N)cnc(OCC(C)C)c1Br. The van der Waals surface area contributed by atoms with Crippen LogP contribution in [0, 0.1) is 12.8 Å². The number of hydrogen-bond donors (Lipinski definition) is 1. The molecule has 2 N–H and O–H groups in total. The zero-order valence-electron chi connectivity index (χ0n) is 8.67. The van der Waals surface area contributed by atoms with Gasteiger partial charge in [-0.1, -0.05) is 13.8 Å². The first kappa shape index (κ1) is 11.3. The number of halogens is 1. The predicted molar refractivity (Wildman–Crippen MR) is 61.4 cm³/mol. The molecule has 1 aromatic rings. The summed E-state index contributed by atoms with van der Waals surface area (Å²) in [7, 11) is 0. The van der Waals surface area contributed by atoms with Crippen molar-refractivity contribution >= 4 is 21.6 Å². The Labute approximate surface area is 92.8 Å². The largest absolute Gasteiger partial charge is 0.477 e. The minimum Gasteiger partial charge on any atom is -0.477 e. The molecular formula is C10H15BrN2O. The Morgan fingerprint density at radius 1 is 1.57 bits per heavy atom. The number of anilines is 1. The molecule has 0 spiro atoms. The molecule has 1 aromatic heterocycles. The number of ether oxygens (including phenoxy) is 1. The number of nitrogens with zero attached hydrogens (tertiary/aromatic N) is 1. The maximum atomic E-state index is 5.70. The number of nitrogen functional groups attached to an aromatic ring is 1. The first-order chi connectivity index (χ1) is 6.52. The van der Waals surface area contributed by atoms with Crippen molar-refractivity contribution in [1.29, 1.82) is 0 Å². The smallest absolute Gasteiger partial charge is 0.228 e. The fourth-order valence-electron chi connectivity index (χ4n) is 0.915. The van der Waals surface area contributed by atoms with E-state index >= 15 is 0 Å². The second-order valence-corrected chi connectivity index (χ2v) is 4.46. The normalized spacial score (nSPS) is 10.6. The second kappa shape index (κ2) is 4.64. The van der Waals surface area contributed by atoms with Crippen molar-refractivity contribution in [3.63, 3.8) is 0 Å². The van der Waals surface area contributed by atoms with E-state index in [1.54, 1.807) is 6.20 Å². The third kappa shape index (κ3) is 2.61. The molecule has 0 bridgehead atoms. The molecule has 0 saturated heterocycles. The van der Waals surface area contributed by atoms with E-state index < -0.39 is 0 Å². The van der Waals surface area contributed by atoms with Gasteiger partial charge in [-0.2, -0.15) is 0 Å². The molecule has 0 aliphatic heterocycles. The number of aromatic nitrogens is 1. The average molecular weight is 259 g/mol. The lowest BCUT2D eigenvalue weighted by atomic mass is 10.2. The zero-order chi connectivity index (χ0) is 10.7. The molecule has 0 radical (unpaired) electrons. The highest BCUT2D eigenvalue weighted by Crippen LogP contribution is 2.29. The summed E-state index contributed by atoms with van der Waals surface area (Å²) < 4.78 is 6.37. The van der Waals surface area contributed by atoms with Gasteiger partial charge in [-0.3, -0.25) is 0 Å². The zero-order valence-corrected chi connectivity index (χ0v) is 10.3. The monoisotopic (exact) mass is 258 g/mol. The minimum atomic E-state index is 0.488. The van der Waals surface area contributed by atoms with Crippen LogP contribution in [0.5, 0.6) is 5.88 Å². The van der Waals surface area contributed by atoms with Crippen molar-refractivity contribution in [1.82, 2.24) is 4.98 Å². The molecule has 1 heterocycles. The van der Waals surface area contributed by atoms with Gasteiger partial charge >= 0.3 is 0 Å². The van der Waals surface area contributed by atoms with Crippen LogP contribution in [0.1, 0.15) is 19.4 Å². The maximum absolute atomic E-state index is 5.70. The third-order valence-electron chi connectivity index (χ3n) is 1.82. The molecule has 3 nitrogen and oxygen atoms in total. The molecule has 14 heavy (non-hydrogen) atoms. The number of rotatable bonds is 3. The topological polar surface area (TPSA) is 48.1 Å². The summed E-state index contributed by atoms with van der Waals surface area (Å²) in [4.78, 5) is 4.12. The van der Waals surface area contributed by atoms with Crippen LogP contribution in [0.3, 0.4) is 0 Å². The van der Waals surface area contributed by atoms with Crippen molar-refractivity contribution in [3.05, 3.63) is 16.2 Å². The first-order valence-electron chi connectivity index (χ1n) is 4.55. The van der Waals surface area contributed by atoms with Crippen LogP contribution < -0.4 is 10.5 Å². The minimum absolute atomic E-state index is 0.488. The van der Waals surface area contributed by atoms with Gasteiger partial charge in [0.1, 0.15) is 0 Å². The standard InChI is InChI=1S/C10H15BrN2O/c1-6(2)5-14-10-9(11)7(3)8(12)4-13-10/h4,6H,5,12H2,1-3H3. The molecule has 0 aliphatic rings. The maximum Gasteiger partial charge on any atom is 0.228 e. The second-order valence-electron chi connectivity index (χ2n) is 3.66. The molecule has 0 saturated carbocycles. The van der Waals surface area contributed by atoms with Gasteiger partial charge in [-0.25, -0.2) is 4.98 Å². The van der Waals surface area contributed by atoms with Gasteiger partial charge in [0.05, 0.1) is 23.0 Å². The van der Waals surface area contributed by atoms with E-state index in [1.165, 1.54) is 0 Å². The molecule has 0 fully saturated rings. The first-order valence-corrected chi connectivity index (χ1v) is 5.35. The fourth-order valence-corrected chi connectivity index (χ4v) is 1.36. The van der Waals surface area contributed by atoms with E-state index in [9.17, 15) is 0 Å². The van der Waals surface area contributed by atoms with Gasteiger partial charge in [0.2, 0.25) is 5.88 Å². The third-order valence-corrected chi connectivity index (χ3v) is 2.76. The lowest BCUT2D eigenvalue weighted by molar-refractivity contribution is 0.259. The lowest BCUT2D eigenvalue weighted by Gasteiger charge is -2.11. The predicted octanol–water partition coefficient (Wildman–Crippen LogP) is 2.77. The number of hydrogen-bond acceptors (Lipinski definition) is 3. The molecule has 4 heteroatoms. The summed E-state index contributed by atoms with van der Waals surface area (Å²) in [6.45, 7) is 6.79. The molecule has 0 aliphatic carbocycles.